The van der Waals surface area contributed by atoms with Gasteiger partial charge in [0.05, 0.1) is 26.9 Å². The largest absolute Gasteiger partial charge is 0.497 e. The first-order valence-electron chi connectivity index (χ1n) is 10.8. The van der Waals surface area contributed by atoms with E-state index >= 15 is 0 Å². The monoisotopic (exact) mass is 519 g/mol. The molecule has 0 saturated heterocycles. The second-order valence-electron chi connectivity index (χ2n) is 7.20. The zero-order valence-corrected chi connectivity index (χ0v) is 20.7. The van der Waals surface area contributed by atoms with Crippen molar-refractivity contribution in [3.05, 3.63) is 59.7 Å². The number of halogens is 3. The molecule has 0 amide bonds. The number of hydrogen-bond donors (Lipinski definition) is 2. The van der Waals surface area contributed by atoms with Crippen LogP contribution in [0.1, 0.15) is 37.7 Å². The first-order chi connectivity index (χ1) is 16.5. The third kappa shape index (κ3) is 6.35. The summed E-state index contributed by atoms with van der Waals surface area (Å²) in [4.78, 5) is 12.0. The Kier molecular flexibility index (Phi) is 9.74. The van der Waals surface area contributed by atoms with Crippen LogP contribution in [0.2, 0.25) is 0 Å². The summed E-state index contributed by atoms with van der Waals surface area (Å²) in [6, 6.07) is 10.9. The van der Waals surface area contributed by atoms with Gasteiger partial charge < -0.3 is 28.9 Å². The Morgan fingerprint density at radius 2 is 1.51 bits per heavy atom. The van der Waals surface area contributed by atoms with Crippen molar-refractivity contribution in [3.63, 3.8) is 0 Å². The maximum absolute atomic E-state index is 13.6. The number of benzene rings is 2. The molecule has 2 aromatic carbocycles. The molecule has 0 spiro atoms. The summed E-state index contributed by atoms with van der Waals surface area (Å²) < 4.78 is 75.1. The first kappa shape index (κ1) is 28.6. The number of ether oxygens (including phenoxy) is 2. The average Bonchev–Trinajstić information content (AvgIpc) is 2.82. The van der Waals surface area contributed by atoms with E-state index in [9.17, 15) is 27.6 Å². The molecule has 0 bridgehead atoms. The lowest BCUT2D eigenvalue weighted by Crippen LogP contribution is -2.50. The van der Waals surface area contributed by atoms with Crippen LogP contribution in [0.3, 0.4) is 0 Å². The van der Waals surface area contributed by atoms with E-state index in [4.69, 9.17) is 13.8 Å². The minimum atomic E-state index is -5.32. The summed E-state index contributed by atoms with van der Waals surface area (Å²) in [5.41, 5.74) is -3.82. The number of methoxy groups -OCH3 is 1. The van der Waals surface area contributed by atoms with Crippen molar-refractivity contribution in [2.45, 2.75) is 38.3 Å². The van der Waals surface area contributed by atoms with Crippen LogP contribution in [-0.4, -0.2) is 44.2 Å². The Bertz CT molecular complexity index is 1010. The number of alkyl halides is 3. The molecule has 0 saturated carbocycles. The minimum absolute atomic E-state index is 0.0860. The average molecular weight is 519 g/mol. The Labute approximate surface area is 201 Å². The highest BCUT2D eigenvalue weighted by Crippen LogP contribution is 2.61. The third-order valence-corrected chi connectivity index (χ3v) is 7.25. The quantitative estimate of drug-likeness (QED) is 0.285. The third-order valence-electron chi connectivity index (χ3n) is 4.95. The molecule has 0 aliphatic heterocycles. The second-order valence-corrected chi connectivity index (χ2v) is 9.31. The second kappa shape index (κ2) is 11.9. The highest BCUT2D eigenvalue weighted by atomic mass is 31.2. The van der Waals surface area contributed by atoms with Crippen molar-refractivity contribution in [2.24, 2.45) is 0 Å². The highest BCUT2D eigenvalue weighted by Gasteiger charge is 2.62. The van der Waals surface area contributed by atoms with Gasteiger partial charge in [0.1, 0.15) is 5.75 Å². The van der Waals surface area contributed by atoms with E-state index in [2.05, 4.69) is 10.1 Å². The van der Waals surface area contributed by atoms with Gasteiger partial charge in [-0.25, -0.2) is 4.79 Å². The Morgan fingerprint density at radius 3 is 1.94 bits per heavy atom. The number of anilines is 1. The molecule has 2 rings (SSSR count). The molecule has 194 valence electrons. The molecule has 2 N–H and O–H groups in total. The summed E-state index contributed by atoms with van der Waals surface area (Å²) >= 11 is 0. The molecule has 0 aliphatic rings. The molecular formula is C23H29F3NO7P. The SMILES string of the molecule is CCOC(=O)[C@@](O)(c1ccc(N[C@H](c2ccc(OC)cc2)P(=O)(OCC)OCC)cc1)C(F)(F)F. The van der Waals surface area contributed by atoms with Crippen LogP contribution in [0.25, 0.3) is 0 Å². The van der Waals surface area contributed by atoms with Gasteiger partial charge in [-0.15, -0.1) is 0 Å². The van der Waals surface area contributed by atoms with Crippen LogP contribution >= 0.6 is 7.60 Å². The summed E-state index contributed by atoms with van der Waals surface area (Å²) in [6.07, 6.45) is -5.32. The Hall–Kier alpha value is -2.59. The van der Waals surface area contributed by atoms with Crippen LogP contribution in [0.15, 0.2) is 48.5 Å². The fourth-order valence-corrected chi connectivity index (χ4v) is 5.21. The molecule has 0 radical (unpaired) electrons. The van der Waals surface area contributed by atoms with Crippen molar-refractivity contribution < 1.29 is 46.2 Å². The van der Waals surface area contributed by atoms with Crippen LogP contribution in [0, 0.1) is 0 Å². The summed E-state index contributed by atoms with van der Waals surface area (Å²) in [5, 5.41) is 13.3. The molecule has 0 fully saturated rings. The van der Waals surface area contributed by atoms with Gasteiger partial charge in [-0.3, -0.25) is 4.57 Å². The molecule has 12 heteroatoms. The van der Waals surface area contributed by atoms with Crippen LogP contribution in [0.5, 0.6) is 5.75 Å². The lowest BCUT2D eigenvalue weighted by Gasteiger charge is -2.30. The fourth-order valence-electron chi connectivity index (χ4n) is 3.28. The Balaban J connectivity index is 2.48. The van der Waals surface area contributed by atoms with E-state index < -0.39 is 36.7 Å². The van der Waals surface area contributed by atoms with Crippen LogP contribution in [0.4, 0.5) is 18.9 Å². The normalized spacial score (nSPS) is 14.6. The molecule has 0 aliphatic carbocycles. The standard InChI is InChI=1S/C23H29F3NO7P/c1-5-32-21(28)22(29,23(24,25)26)17-10-12-18(13-11-17)27-20(35(30,33-6-2)34-7-3)16-8-14-19(31-4)15-9-16/h8-15,20,27,29H,5-7H2,1-4H3/t20-,22-/m0/s1. The van der Waals surface area contributed by atoms with Crippen molar-refractivity contribution >= 4 is 19.3 Å². The van der Waals surface area contributed by atoms with Crippen molar-refractivity contribution in [3.8, 4) is 5.75 Å². The van der Waals surface area contributed by atoms with Crippen molar-refractivity contribution in [1.82, 2.24) is 0 Å². The topological polar surface area (TPSA) is 103 Å². The number of rotatable bonds is 12. The van der Waals surface area contributed by atoms with Gasteiger partial charge in [0.15, 0.2) is 5.78 Å². The van der Waals surface area contributed by atoms with E-state index in [1.807, 2.05) is 0 Å². The van der Waals surface area contributed by atoms with Gasteiger partial charge in [-0.2, -0.15) is 13.2 Å². The van der Waals surface area contributed by atoms with Crippen LogP contribution < -0.4 is 10.1 Å². The molecule has 2 atom stereocenters. The van der Waals surface area contributed by atoms with Crippen molar-refractivity contribution in [1.29, 1.82) is 0 Å². The van der Waals surface area contributed by atoms with Crippen LogP contribution in [-0.2, 0) is 28.7 Å². The number of carbonyl (C=O) groups is 1. The molecule has 0 heterocycles. The number of hydrogen-bond acceptors (Lipinski definition) is 8. The molecule has 0 aromatic heterocycles. The van der Waals surface area contributed by atoms with Gasteiger partial charge >= 0.3 is 19.7 Å². The number of carbonyl (C=O) groups excluding carboxylic acids is 1. The number of aliphatic hydroxyl groups is 1. The smallest absolute Gasteiger partial charge is 0.432 e. The predicted octanol–water partition coefficient (Wildman–Crippen LogP) is 5.39. The maximum atomic E-state index is 13.6. The molecule has 0 unspecified atom stereocenters. The van der Waals surface area contributed by atoms with Gasteiger partial charge in [-0.05, 0) is 50.6 Å². The Morgan fingerprint density at radius 1 is 0.971 bits per heavy atom. The predicted molar refractivity (Wildman–Crippen MR) is 123 cm³/mol. The maximum Gasteiger partial charge on any atom is 0.432 e. The van der Waals surface area contributed by atoms with Gasteiger partial charge in [0.2, 0.25) is 0 Å². The van der Waals surface area contributed by atoms with E-state index in [1.165, 1.54) is 26.2 Å². The summed E-state index contributed by atoms with van der Waals surface area (Å²) in [6.45, 7) is 4.46. The lowest BCUT2D eigenvalue weighted by atomic mass is 9.93. The number of nitrogens with one attached hydrogen (secondary N) is 1. The molecular weight excluding hydrogens is 490 g/mol. The van der Waals surface area contributed by atoms with E-state index in [-0.39, 0.29) is 25.5 Å². The van der Waals surface area contributed by atoms with Gasteiger partial charge in [0.25, 0.3) is 5.60 Å². The molecule has 35 heavy (non-hydrogen) atoms. The summed E-state index contributed by atoms with van der Waals surface area (Å²) in [5.74, 6) is -2.29. The van der Waals surface area contributed by atoms with E-state index in [0.29, 0.717) is 11.3 Å². The van der Waals surface area contributed by atoms with Gasteiger partial charge in [-0.1, -0.05) is 24.3 Å². The number of esters is 1. The van der Waals surface area contributed by atoms with E-state index in [0.717, 1.165) is 12.1 Å². The van der Waals surface area contributed by atoms with E-state index in [1.54, 1.807) is 38.1 Å². The first-order valence-corrected chi connectivity index (χ1v) is 12.4. The fraction of sp³-hybridized carbons (Fsp3) is 0.435. The lowest BCUT2D eigenvalue weighted by molar-refractivity contribution is -0.267. The molecule has 8 nitrogen and oxygen atoms in total. The zero-order chi connectivity index (χ0) is 26.3. The molecule has 2 aromatic rings. The minimum Gasteiger partial charge on any atom is -0.497 e. The zero-order valence-electron chi connectivity index (χ0n) is 19.8. The van der Waals surface area contributed by atoms with Gasteiger partial charge in [0, 0.05) is 11.3 Å². The highest BCUT2D eigenvalue weighted by molar-refractivity contribution is 7.54. The van der Waals surface area contributed by atoms with Crippen molar-refractivity contribution in [2.75, 3.05) is 32.2 Å². The summed E-state index contributed by atoms with van der Waals surface area (Å²) in [7, 11) is -2.30.